The Bertz CT molecular complexity index is 281. The summed E-state index contributed by atoms with van der Waals surface area (Å²) < 4.78 is 0. The molecule has 3 aliphatic rings. The lowest BCUT2D eigenvalue weighted by Crippen LogP contribution is -2.50. The summed E-state index contributed by atoms with van der Waals surface area (Å²) in [4.78, 5) is 5.57. The summed E-state index contributed by atoms with van der Waals surface area (Å²) in [7, 11) is 0. The summed E-state index contributed by atoms with van der Waals surface area (Å²) in [6.07, 6.45) is 8.39. The van der Waals surface area contributed by atoms with E-state index in [2.05, 4.69) is 16.7 Å². The second kappa shape index (κ2) is 5.48. The summed E-state index contributed by atoms with van der Waals surface area (Å²) in [6, 6.07) is 2.48. The molecule has 3 nitrogen and oxygen atoms in total. The van der Waals surface area contributed by atoms with Gasteiger partial charge < -0.3 is 5.73 Å². The minimum atomic E-state index is 0.764. The number of nitrogens with two attached hydrogens (primary N) is 1. The first kappa shape index (κ1) is 12.9. The quantitative estimate of drug-likeness (QED) is 0.825. The van der Waals surface area contributed by atoms with Crippen molar-refractivity contribution in [2.75, 3.05) is 26.2 Å². The second-order valence-corrected chi connectivity index (χ2v) is 6.43. The molecular formula is C15H29N3. The van der Waals surface area contributed by atoms with Crippen LogP contribution in [0.25, 0.3) is 0 Å². The topological polar surface area (TPSA) is 32.5 Å². The van der Waals surface area contributed by atoms with Crippen LogP contribution in [0.2, 0.25) is 0 Å². The van der Waals surface area contributed by atoms with E-state index in [1.165, 1.54) is 58.2 Å². The summed E-state index contributed by atoms with van der Waals surface area (Å²) in [5.74, 6) is 0.764. The van der Waals surface area contributed by atoms with Crippen molar-refractivity contribution in [2.24, 2.45) is 11.7 Å². The molecule has 0 aromatic carbocycles. The van der Waals surface area contributed by atoms with Crippen molar-refractivity contribution in [3.63, 3.8) is 0 Å². The van der Waals surface area contributed by atoms with Gasteiger partial charge in [0, 0.05) is 24.7 Å². The highest BCUT2D eigenvalue weighted by atomic mass is 15.3. The van der Waals surface area contributed by atoms with Crippen molar-refractivity contribution in [2.45, 2.75) is 63.6 Å². The van der Waals surface area contributed by atoms with E-state index in [9.17, 15) is 0 Å². The van der Waals surface area contributed by atoms with Gasteiger partial charge in [-0.15, -0.1) is 0 Å². The first-order valence-electron chi connectivity index (χ1n) is 8.05. The maximum absolute atomic E-state index is 5.99. The molecule has 0 bridgehead atoms. The molecule has 3 rings (SSSR count). The number of hydrogen-bond acceptors (Lipinski definition) is 3. The first-order valence-corrected chi connectivity index (χ1v) is 8.05. The molecule has 4 unspecified atom stereocenters. The Hall–Kier alpha value is -0.120. The molecule has 2 saturated heterocycles. The molecule has 1 aliphatic carbocycles. The molecule has 0 aromatic heterocycles. The third-order valence-electron chi connectivity index (χ3n) is 5.71. The van der Waals surface area contributed by atoms with Gasteiger partial charge in [-0.2, -0.15) is 0 Å². The van der Waals surface area contributed by atoms with Crippen LogP contribution in [-0.2, 0) is 0 Å². The van der Waals surface area contributed by atoms with Crippen LogP contribution in [0.5, 0.6) is 0 Å². The smallest absolute Gasteiger partial charge is 0.0266 e. The molecule has 18 heavy (non-hydrogen) atoms. The maximum Gasteiger partial charge on any atom is 0.0266 e. The average Bonchev–Trinajstić information content (AvgIpc) is 3.06. The van der Waals surface area contributed by atoms with Gasteiger partial charge >= 0.3 is 0 Å². The Morgan fingerprint density at radius 2 is 1.94 bits per heavy atom. The van der Waals surface area contributed by atoms with Crippen LogP contribution in [0.15, 0.2) is 0 Å². The standard InChI is InChI=1S/C15H29N3/c1-2-18(13-6-3-5-12(13)11-16)15-8-10-17-9-4-7-14(15)17/h12-15H,2-11,16H2,1H3. The molecule has 3 heteroatoms. The summed E-state index contributed by atoms with van der Waals surface area (Å²) >= 11 is 0. The van der Waals surface area contributed by atoms with Crippen LogP contribution in [0.3, 0.4) is 0 Å². The number of fused-ring (bicyclic) bond motifs is 1. The fourth-order valence-electron chi connectivity index (χ4n) is 4.89. The monoisotopic (exact) mass is 251 g/mol. The highest BCUT2D eigenvalue weighted by Gasteiger charge is 2.43. The lowest BCUT2D eigenvalue weighted by Gasteiger charge is -2.39. The third kappa shape index (κ3) is 2.10. The predicted molar refractivity (Wildman–Crippen MR) is 75.6 cm³/mol. The number of likely N-dealkylation sites (N-methyl/N-ethyl adjacent to an activating group) is 1. The van der Waals surface area contributed by atoms with Crippen molar-refractivity contribution in [3.05, 3.63) is 0 Å². The Balaban J connectivity index is 1.71. The molecule has 2 heterocycles. The molecule has 4 atom stereocenters. The molecule has 1 saturated carbocycles. The predicted octanol–water partition coefficient (Wildman–Crippen LogP) is 1.67. The van der Waals surface area contributed by atoms with E-state index in [0.717, 1.165) is 30.6 Å². The van der Waals surface area contributed by atoms with Gasteiger partial charge in [0.05, 0.1) is 0 Å². The Kier molecular flexibility index (Phi) is 3.92. The van der Waals surface area contributed by atoms with Gasteiger partial charge in [0.2, 0.25) is 0 Å². The van der Waals surface area contributed by atoms with Crippen LogP contribution in [0.1, 0.15) is 45.4 Å². The van der Waals surface area contributed by atoms with Crippen molar-refractivity contribution < 1.29 is 0 Å². The van der Waals surface area contributed by atoms with E-state index in [0.29, 0.717) is 0 Å². The van der Waals surface area contributed by atoms with Crippen LogP contribution < -0.4 is 5.73 Å². The van der Waals surface area contributed by atoms with Gasteiger partial charge in [-0.05, 0) is 57.7 Å². The number of rotatable bonds is 4. The van der Waals surface area contributed by atoms with Crippen molar-refractivity contribution in [1.29, 1.82) is 0 Å². The first-order chi connectivity index (χ1) is 8.85. The van der Waals surface area contributed by atoms with Crippen LogP contribution >= 0.6 is 0 Å². The summed E-state index contributed by atoms with van der Waals surface area (Å²) in [5.41, 5.74) is 5.99. The summed E-state index contributed by atoms with van der Waals surface area (Å²) in [5, 5.41) is 0. The van der Waals surface area contributed by atoms with Crippen molar-refractivity contribution in [1.82, 2.24) is 9.80 Å². The van der Waals surface area contributed by atoms with E-state index in [1.54, 1.807) is 0 Å². The zero-order valence-corrected chi connectivity index (χ0v) is 11.9. The minimum Gasteiger partial charge on any atom is -0.330 e. The SMILES string of the molecule is CCN(C1CCCC1CN)C1CCN2CCCC12. The largest absolute Gasteiger partial charge is 0.330 e. The average molecular weight is 251 g/mol. The normalized spacial score (nSPS) is 40.8. The Morgan fingerprint density at radius 1 is 1.06 bits per heavy atom. The van der Waals surface area contributed by atoms with Crippen LogP contribution in [0, 0.1) is 5.92 Å². The van der Waals surface area contributed by atoms with Crippen LogP contribution in [-0.4, -0.2) is 54.1 Å². The summed E-state index contributed by atoms with van der Waals surface area (Å²) in [6.45, 7) is 7.15. The molecule has 0 radical (unpaired) electrons. The molecule has 0 amide bonds. The highest BCUT2D eigenvalue weighted by Crippen LogP contribution is 2.37. The van der Waals surface area contributed by atoms with E-state index in [4.69, 9.17) is 5.73 Å². The molecule has 104 valence electrons. The van der Waals surface area contributed by atoms with Gasteiger partial charge in [-0.25, -0.2) is 0 Å². The molecule has 2 aliphatic heterocycles. The Labute approximate surface area is 112 Å². The van der Waals surface area contributed by atoms with E-state index >= 15 is 0 Å². The molecule has 0 spiro atoms. The zero-order valence-electron chi connectivity index (χ0n) is 11.9. The van der Waals surface area contributed by atoms with Gasteiger partial charge in [0.15, 0.2) is 0 Å². The number of hydrogen-bond donors (Lipinski definition) is 1. The second-order valence-electron chi connectivity index (χ2n) is 6.43. The van der Waals surface area contributed by atoms with E-state index in [-0.39, 0.29) is 0 Å². The van der Waals surface area contributed by atoms with Gasteiger partial charge in [-0.3, -0.25) is 9.80 Å². The lowest BCUT2D eigenvalue weighted by molar-refractivity contribution is 0.0942. The maximum atomic E-state index is 5.99. The molecule has 3 fully saturated rings. The lowest BCUT2D eigenvalue weighted by atomic mass is 9.97. The minimum absolute atomic E-state index is 0.764. The zero-order chi connectivity index (χ0) is 12.5. The van der Waals surface area contributed by atoms with Gasteiger partial charge in [0.25, 0.3) is 0 Å². The molecular weight excluding hydrogens is 222 g/mol. The van der Waals surface area contributed by atoms with Crippen molar-refractivity contribution >= 4 is 0 Å². The Morgan fingerprint density at radius 3 is 2.72 bits per heavy atom. The van der Waals surface area contributed by atoms with E-state index in [1.807, 2.05) is 0 Å². The fraction of sp³-hybridized carbons (Fsp3) is 1.00. The number of nitrogens with zero attached hydrogens (tertiary/aromatic N) is 2. The highest BCUT2D eigenvalue weighted by molar-refractivity contribution is 5.00. The molecule has 2 N–H and O–H groups in total. The van der Waals surface area contributed by atoms with Crippen molar-refractivity contribution in [3.8, 4) is 0 Å². The van der Waals surface area contributed by atoms with E-state index < -0.39 is 0 Å². The van der Waals surface area contributed by atoms with Gasteiger partial charge in [0.1, 0.15) is 0 Å². The van der Waals surface area contributed by atoms with Crippen LogP contribution in [0.4, 0.5) is 0 Å². The fourth-order valence-corrected chi connectivity index (χ4v) is 4.89. The van der Waals surface area contributed by atoms with Gasteiger partial charge in [-0.1, -0.05) is 13.3 Å². The molecule has 0 aromatic rings. The third-order valence-corrected chi connectivity index (χ3v) is 5.71.